The minimum absolute atomic E-state index is 0.0476. The molecule has 0 atom stereocenters. The molecule has 2 heteroatoms. The van der Waals surface area contributed by atoms with Gasteiger partial charge in [0.1, 0.15) is 5.75 Å². The molecule has 0 aliphatic rings. The van der Waals surface area contributed by atoms with Crippen LogP contribution in [0.2, 0.25) is 0 Å². The molecule has 0 radical (unpaired) electrons. The number of unbranched alkanes of at least 4 members (excludes halogenated alkanes) is 4. The molecule has 0 fully saturated rings. The van der Waals surface area contributed by atoms with Gasteiger partial charge in [-0.15, -0.1) is 0 Å². The number of benzene rings is 1. The quantitative estimate of drug-likeness (QED) is 0.682. The molecule has 0 amide bonds. The monoisotopic (exact) mass is 222 g/mol. The number of ether oxygens (including phenoxy) is 1. The molecule has 0 aliphatic carbocycles. The maximum atomic E-state index is 9.11. The highest BCUT2D eigenvalue weighted by Crippen LogP contribution is 2.18. The van der Waals surface area contributed by atoms with Gasteiger partial charge in [-0.3, -0.25) is 0 Å². The number of rotatable bonds is 8. The highest BCUT2D eigenvalue weighted by molar-refractivity contribution is 5.32. The fourth-order valence-corrected chi connectivity index (χ4v) is 1.66. The van der Waals surface area contributed by atoms with Crippen molar-refractivity contribution in [3.05, 3.63) is 29.8 Å². The average Bonchev–Trinajstić information content (AvgIpc) is 2.34. The molecule has 16 heavy (non-hydrogen) atoms. The summed E-state index contributed by atoms with van der Waals surface area (Å²) < 4.78 is 5.65. The summed E-state index contributed by atoms with van der Waals surface area (Å²) in [6.07, 6.45) is 6.21. The molecule has 0 saturated heterocycles. The number of aliphatic hydroxyl groups is 1. The van der Waals surface area contributed by atoms with E-state index in [2.05, 4.69) is 6.92 Å². The van der Waals surface area contributed by atoms with Crippen molar-refractivity contribution >= 4 is 0 Å². The van der Waals surface area contributed by atoms with E-state index in [9.17, 15) is 0 Å². The zero-order chi connectivity index (χ0) is 11.6. The Balaban J connectivity index is 2.21. The first-order valence-electron chi connectivity index (χ1n) is 6.20. The highest BCUT2D eigenvalue weighted by atomic mass is 16.5. The Morgan fingerprint density at radius 1 is 1.06 bits per heavy atom. The topological polar surface area (TPSA) is 29.5 Å². The lowest BCUT2D eigenvalue weighted by Gasteiger charge is -2.09. The molecule has 0 spiro atoms. The molecule has 0 saturated carbocycles. The molecule has 1 aromatic rings. The summed E-state index contributed by atoms with van der Waals surface area (Å²) >= 11 is 0. The van der Waals surface area contributed by atoms with Crippen molar-refractivity contribution in [3.8, 4) is 5.75 Å². The van der Waals surface area contributed by atoms with Crippen molar-refractivity contribution < 1.29 is 9.84 Å². The predicted molar refractivity (Wildman–Crippen MR) is 66.6 cm³/mol. The van der Waals surface area contributed by atoms with Gasteiger partial charge in [-0.2, -0.15) is 0 Å². The van der Waals surface area contributed by atoms with E-state index in [0.29, 0.717) is 0 Å². The van der Waals surface area contributed by atoms with E-state index in [0.717, 1.165) is 24.3 Å². The fourth-order valence-electron chi connectivity index (χ4n) is 1.66. The predicted octanol–water partition coefficient (Wildman–Crippen LogP) is 3.53. The van der Waals surface area contributed by atoms with Crippen molar-refractivity contribution in [2.24, 2.45) is 0 Å². The lowest BCUT2D eigenvalue weighted by Crippen LogP contribution is -2.00. The first-order chi connectivity index (χ1) is 7.88. The Morgan fingerprint density at radius 2 is 1.81 bits per heavy atom. The zero-order valence-electron chi connectivity index (χ0n) is 10.1. The summed E-state index contributed by atoms with van der Waals surface area (Å²) in [6.45, 7) is 3.01. The first-order valence-corrected chi connectivity index (χ1v) is 6.20. The van der Waals surface area contributed by atoms with Crippen LogP contribution in [-0.4, -0.2) is 11.7 Å². The van der Waals surface area contributed by atoms with Crippen LogP contribution in [0.1, 0.15) is 44.6 Å². The van der Waals surface area contributed by atoms with Gasteiger partial charge in [-0.25, -0.2) is 0 Å². The van der Waals surface area contributed by atoms with Crippen molar-refractivity contribution in [2.45, 2.75) is 45.6 Å². The Morgan fingerprint density at radius 3 is 2.56 bits per heavy atom. The zero-order valence-corrected chi connectivity index (χ0v) is 10.1. The van der Waals surface area contributed by atoms with E-state index in [1.165, 1.54) is 25.7 Å². The third kappa shape index (κ3) is 4.67. The standard InChI is InChI=1S/C14H22O2/c1-2-3-4-5-8-11-16-14-10-7-6-9-13(14)12-15/h6-7,9-10,15H,2-5,8,11-12H2,1H3. The van der Waals surface area contributed by atoms with Crippen molar-refractivity contribution in [3.63, 3.8) is 0 Å². The third-order valence-corrected chi connectivity index (χ3v) is 2.65. The molecule has 0 unspecified atom stereocenters. The maximum Gasteiger partial charge on any atom is 0.124 e. The van der Waals surface area contributed by atoms with Crippen LogP contribution >= 0.6 is 0 Å². The normalized spacial score (nSPS) is 10.4. The third-order valence-electron chi connectivity index (χ3n) is 2.65. The Hall–Kier alpha value is -1.02. The second-order valence-electron chi connectivity index (χ2n) is 4.03. The van der Waals surface area contributed by atoms with Crippen molar-refractivity contribution in [1.82, 2.24) is 0 Å². The minimum atomic E-state index is 0.0476. The van der Waals surface area contributed by atoms with Gasteiger partial charge in [-0.1, -0.05) is 50.8 Å². The molecule has 1 rings (SSSR count). The van der Waals surface area contributed by atoms with Crippen LogP contribution in [0.15, 0.2) is 24.3 Å². The van der Waals surface area contributed by atoms with Gasteiger partial charge in [0.15, 0.2) is 0 Å². The van der Waals surface area contributed by atoms with Crippen LogP contribution in [0.3, 0.4) is 0 Å². The summed E-state index contributed by atoms with van der Waals surface area (Å²) in [5.74, 6) is 0.820. The second kappa shape index (κ2) is 8.17. The highest BCUT2D eigenvalue weighted by Gasteiger charge is 2.00. The molecule has 90 valence electrons. The van der Waals surface area contributed by atoms with Gasteiger partial charge < -0.3 is 9.84 Å². The second-order valence-corrected chi connectivity index (χ2v) is 4.03. The minimum Gasteiger partial charge on any atom is -0.493 e. The van der Waals surface area contributed by atoms with Gasteiger partial charge in [0.25, 0.3) is 0 Å². The molecular weight excluding hydrogens is 200 g/mol. The molecule has 2 nitrogen and oxygen atoms in total. The van der Waals surface area contributed by atoms with E-state index < -0.39 is 0 Å². The molecule has 1 aromatic carbocycles. The molecular formula is C14H22O2. The van der Waals surface area contributed by atoms with Crippen molar-refractivity contribution in [1.29, 1.82) is 0 Å². The van der Waals surface area contributed by atoms with E-state index in [-0.39, 0.29) is 6.61 Å². The van der Waals surface area contributed by atoms with Crippen LogP contribution in [-0.2, 0) is 6.61 Å². The van der Waals surface area contributed by atoms with Gasteiger partial charge in [-0.05, 0) is 12.5 Å². The van der Waals surface area contributed by atoms with E-state index >= 15 is 0 Å². The maximum absolute atomic E-state index is 9.11. The summed E-state index contributed by atoms with van der Waals surface area (Å²) in [7, 11) is 0. The average molecular weight is 222 g/mol. The van der Waals surface area contributed by atoms with E-state index in [1.54, 1.807) is 0 Å². The summed E-state index contributed by atoms with van der Waals surface area (Å²) in [6, 6.07) is 7.66. The summed E-state index contributed by atoms with van der Waals surface area (Å²) in [5.41, 5.74) is 0.871. The lowest BCUT2D eigenvalue weighted by molar-refractivity contribution is 0.260. The summed E-state index contributed by atoms with van der Waals surface area (Å²) in [5, 5.41) is 9.11. The van der Waals surface area contributed by atoms with Crippen LogP contribution in [0.4, 0.5) is 0 Å². The van der Waals surface area contributed by atoms with Crippen LogP contribution in [0.5, 0.6) is 5.75 Å². The summed E-state index contributed by atoms with van der Waals surface area (Å²) in [4.78, 5) is 0. The van der Waals surface area contributed by atoms with E-state index in [4.69, 9.17) is 9.84 Å². The van der Waals surface area contributed by atoms with Gasteiger partial charge in [0.2, 0.25) is 0 Å². The van der Waals surface area contributed by atoms with Gasteiger partial charge in [0, 0.05) is 5.56 Å². The molecule has 0 aliphatic heterocycles. The van der Waals surface area contributed by atoms with E-state index in [1.807, 2.05) is 24.3 Å². The SMILES string of the molecule is CCCCCCCOc1ccccc1CO. The first kappa shape index (κ1) is 13.0. The van der Waals surface area contributed by atoms with Crippen molar-refractivity contribution in [2.75, 3.05) is 6.61 Å². The Bertz CT molecular complexity index is 284. The van der Waals surface area contributed by atoms with Crippen LogP contribution < -0.4 is 4.74 Å². The smallest absolute Gasteiger partial charge is 0.124 e. The Labute approximate surface area is 98.3 Å². The largest absolute Gasteiger partial charge is 0.493 e. The lowest BCUT2D eigenvalue weighted by atomic mass is 10.2. The number of hydrogen-bond donors (Lipinski definition) is 1. The van der Waals surface area contributed by atoms with Gasteiger partial charge in [0.05, 0.1) is 13.2 Å². The number of hydrogen-bond acceptors (Lipinski definition) is 2. The van der Waals surface area contributed by atoms with Crippen LogP contribution in [0.25, 0.3) is 0 Å². The molecule has 0 aromatic heterocycles. The number of aliphatic hydroxyl groups excluding tert-OH is 1. The fraction of sp³-hybridized carbons (Fsp3) is 0.571. The molecule has 0 heterocycles. The Kier molecular flexibility index (Phi) is 6.66. The molecule has 1 N–H and O–H groups in total. The molecule has 0 bridgehead atoms. The van der Waals surface area contributed by atoms with Gasteiger partial charge >= 0.3 is 0 Å². The van der Waals surface area contributed by atoms with Crippen LogP contribution in [0, 0.1) is 0 Å². The number of para-hydroxylation sites is 1.